The van der Waals surface area contributed by atoms with Gasteiger partial charge in [0.25, 0.3) is 0 Å². The van der Waals surface area contributed by atoms with Crippen molar-refractivity contribution in [2.24, 2.45) is 0 Å². The molecule has 0 aliphatic carbocycles. The first kappa shape index (κ1) is 18.6. The van der Waals surface area contributed by atoms with E-state index < -0.39 is 15.9 Å². The monoisotopic (exact) mass is 411 g/mol. The van der Waals surface area contributed by atoms with Crippen molar-refractivity contribution in [1.82, 2.24) is 9.29 Å². The summed E-state index contributed by atoms with van der Waals surface area (Å²) in [5.74, 6) is -0.0651. The van der Waals surface area contributed by atoms with Crippen LogP contribution in [0.3, 0.4) is 0 Å². The van der Waals surface area contributed by atoms with Gasteiger partial charge in [-0.15, -0.1) is 0 Å². The molecule has 0 bridgehead atoms. The van der Waals surface area contributed by atoms with Crippen molar-refractivity contribution < 1.29 is 13.2 Å². The molecule has 0 saturated carbocycles. The van der Waals surface area contributed by atoms with Gasteiger partial charge in [-0.05, 0) is 59.6 Å². The van der Waals surface area contributed by atoms with E-state index >= 15 is 0 Å². The van der Waals surface area contributed by atoms with Gasteiger partial charge < -0.3 is 5.32 Å². The topological polar surface area (TPSA) is 79.4 Å². The molecule has 128 valence electrons. The van der Waals surface area contributed by atoms with Crippen LogP contribution in [0.1, 0.15) is 11.3 Å². The predicted molar refractivity (Wildman–Crippen MR) is 96.3 cm³/mol. The quantitative estimate of drug-likeness (QED) is 0.819. The van der Waals surface area contributed by atoms with Gasteiger partial charge in [-0.3, -0.25) is 4.79 Å². The van der Waals surface area contributed by atoms with Crippen molar-refractivity contribution in [3.05, 3.63) is 52.1 Å². The van der Waals surface area contributed by atoms with Crippen LogP contribution in [0.15, 0.2) is 45.8 Å². The molecule has 24 heavy (non-hydrogen) atoms. The molecule has 1 aromatic carbocycles. The summed E-state index contributed by atoms with van der Waals surface area (Å²) in [6, 6.07) is 10.2. The average Bonchev–Trinajstić information content (AvgIpc) is 2.46. The van der Waals surface area contributed by atoms with Gasteiger partial charge in [0.05, 0.1) is 11.4 Å². The summed E-state index contributed by atoms with van der Waals surface area (Å²) in [6.07, 6.45) is 0. The van der Waals surface area contributed by atoms with Gasteiger partial charge in [0.1, 0.15) is 5.82 Å². The number of hydrogen-bond donors (Lipinski definition) is 1. The van der Waals surface area contributed by atoms with E-state index in [2.05, 4.69) is 26.2 Å². The molecule has 1 N–H and O–H groups in total. The summed E-state index contributed by atoms with van der Waals surface area (Å²) in [5.41, 5.74) is 1.70. The third-order valence-electron chi connectivity index (χ3n) is 3.30. The number of rotatable bonds is 5. The number of nitrogens with zero attached hydrogens (tertiary/aromatic N) is 2. The number of carbonyl (C=O) groups excluding carboxylic acids is 1. The Morgan fingerprint density at radius 3 is 2.58 bits per heavy atom. The first-order valence-electron chi connectivity index (χ1n) is 7.16. The number of aryl methyl sites for hydroxylation is 2. The fourth-order valence-electron chi connectivity index (χ4n) is 2.07. The number of anilines is 1. The molecule has 1 aromatic heterocycles. The van der Waals surface area contributed by atoms with Crippen LogP contribution in [0, 0.1) is 13.8 Å². The zero-order chi connectivity index (χ0) is 17.9. The van der Waals surface area contributed by atoms with Crippen LogP contribution in [0.2, 0.25) is 0 Å². The highest BCUT2D eigenvalue weighted by Crippen LogP contribution is 2.25. The number of carbonyl (C=O) groups is 1. The molecule has 0 spiro atoms. The van der Waals surface area contributed by atoms with Crippen LogP contribution in [0.25, 0.3) is 0 Å². The molecule has 0 atom stereocenters. The lowest BCUT2D eigenvalue weighted by Gasteiger charge is -2.18. The molecule has 1 amide bonds. The minimum atomic E-state index is -3.78. The second kappa shape index (κ2) is 7.42. The molecule has 2 rings (SSSR count). The number of pyridine rings is 1. The highest BCUT2D eigenvalue weighted by atomic mass is 79.9. The first-order chi connectivity index (χ1) is 11.2. The number of amides is 1. The van der Waals surface area contributed by atoms with Gasteiger partial charge in [-0.2, -0.15) is 4.31 Å². The Balaban J connectivity index is 2.12. The zero-order valence-corrected chi connectivity index (χ0v) is 16.0. The van der Waals surface area contributed by atoms with Crippen LogP contribution >= 0.6 is 15.9 Å². The van der Waals surface area contributed by atoms with Crippen molar-refractivity contribution in [2.75, 3.05) is 18.9 Å². The summed E-state index contributed by atoms with van der Waals surface area (Å²) in [4.78, 5) is 16.4. The Kier molecular flexibility index (Phi) is 5.74. The van der Waals surface area contributed by atoms with Crippen molar-refractivity contribution in [3.8, 4) is 0 Å². The summed E-state index contributed by atoms with van der Waals surface area (Å²) in [6.45, 7) is 3.37. The second-order valence-electron chi connectivity index (χ2n) is 5.41. The van der Waals surface area contributed by atoms with Crippen LogP contribution < -0.4 is 5.32 Å². The predicted octanol–water partition coefficient (Wildman–Crippen LogP) is 2.72. The van der Waals surface area contributed by atoms with Crippen LogP contribution in [0.4, 0.5) is 5.82 Å². The van der Waals surface area contributed by atoms with E-state index in [0.29, 0.717) is 10.3 Å². The number of benzene rings is 1. The third-order valence-corrected chi connectivity index (χ3v) is 6.08. The molecular formula is C16H18BrN3O3S. The zero-order valence-electron chi connectivity index (χ0n) is 13.6. The fourth-order valence-corrected chi connectivity index (χ4v) is 4.34. The molecule has 0 aliphatic rings. The van der Waals surface area contributed by atoms with Gasteiger partial charge in [0.2, 0.25) is 15.9 Å². The Bertz CT molecular complexity index is 869. The van der Waals surface area contributed by atoms with Crippen molar-refractivity contribution in [3.63, 3.8) is 0 Å². The highest BCUT2D eigenvalue weighted by molar-refractivity contribution is 9.10. The lowest BCUT2D eigenvalue weighted by molar-refractivity contribution is -0.116. The maximum absolute atomic E-state index is 12.6. The second-order valence-corrected chi connectivity index (χ2v) is 8.27. The molecule has 1 heterocycles. The Hall–Kier alpha value is -1.77. The molecule has 2 aromatic rings. The normalized spacial score (nSPS) is 11.5. The van der Waals surface area contributed by atoms with Gasteiger partial charge in [-0.1, -0.05) is 12.1 Å². The van der Waals surface area contributed by atoms with E-state index in [-0.39, 0.29) is 11.4 Å². The standard InChI is InChI=1S/C16H18BrN3O3S/c1-11-7-8-14(13(17)9-11)24(22,23)20(3)10-16(21)19-15-6-4-5-12(2)18-15/h4-9H,10H2,1-3H3,(H,18,19,21). The van der Waals surface area contributed by atoms with Gasteiger partial charge >= 0.3 is 0 Å². The van der Waals surface area contributed by atoms with Crippen LogP contribution in [0.5, 0.6) is 0 Å². The number of aromatic nitrogens is 1. The summed E-state index contributed by atoms with van der Waals surface area (Å²) < 4.78 is 26.7. The SMILES string of the molecule is Cc1ccc(S(=O)(=O)N(C)CC(=O)Nc2cccc(C)n2)c(Br)c1. The molecule has 0 unspecified atom stereocenters. The maximum Gasteiger partial charge on any atom is 0.244 e. The largest absolute Gasteiger partial charge is 0.310 e. The number of hydrogen-bond acceptors (Lipinski definition) is 4. The van der Waals surface area contributed by atoms with Gasteiger partial charge in [-0.25, -0.2) is 13.4 Å². The van der Waals surface area contributed by atoms with Crippen molar-refractivity contribution in [1.29, 1.82) is 0 Å². The van der Waals surface area contributed by atoms with Gasteiger partial charge in [0.15, 0.2) is 0 Å². The van der Waals surface area contributed by atoms with Crippen molar-refractivity contribution in [2.45, 2.75) is 18.7 Å². The molecule has 0 fully saturated rings. The van der Waals surface area contributed by atoms with E-state index in [0.717, 1.165) is 15.6 Å². The lowest BCUT2D eigenvalue weighted by atomic mass is 10.2. The smallest absolute Gasteiger partial charge is 0.244 e. The van der Waals surface area contributed by atoms with E-state index in [1.54, 1.807) is 37.3 Å². The summed E-state index contributed by atoms with van der Waals surface area (Å²) >= 11 is 3.26. The molecular weight excluding hydrogens is 394 g/mol. The summed E-state index contributed by atoms with van der Waals surface area (Å²) in [5, 5.41) is 2.59. The molecule has 0 saturated heterocycles. The van der Waals surface area contributed by atoms with Crippen LogP contribution in [-0.2, 0) is 14.8 Å². The van der Waals surface area contributed by atoms with Crippen molar-refractivity contribution >= 4 is 37.7 Å². The molecule has 0 aliphatic heterocycles. The van der Waals surface area contributed by atoms with E-state index in [1.807, 2.05) is 6.92 Å². The lowest BCUT2D eigenvalue weighted by Crippen LogP contribution is -2.35. The van der Waals surface area contributed by atoms with Crippen LogP contribution in [-0.4, -0.2) is 37.2 Å². The van der Waals surface area contributed by atoms with E-state index in [4.69, 9.17) is 0 Å². The van der Waals surface area contributed by atoms with E-state index in [1.165, 1.54) is 13.1 Å². The minimum Gasteiger partial charge on any atom is -0.310 e. The number of sulfonamides is 1. The molecule has 0 radical (unpaired) electrons. The fraction of sp³-hybridized carbons (Fsp3) is 0.250. The number of halogens is 1. The Morgan fingerprint density at radius 2 is 1.96 bits per heavy atom. The molecule has 6 nitrogen and oxygen atoms in total. The Morgan fingerprint density at radius 1 is 1.25 bits per heavy atom. The number of nitrogens with one attached hydrogen (secondary N) is 1. The average molecular weight is 412 g/mol. The molecule has 8 heteroatoms. The minimum absolute atomic E-state index is 0.122. The third kappa shape index (κ3) is 4.40. The first-order valence-corrected chi connectivity index (χ1v) is 9.39. The number of likely N-dealkylation sites (N-methyl/N-ethyl adjacent to an activating group) is 1. The van der Waals surface area contributed by atoms with E-state index in [9.17, 15) is 13.2 Å². The summed E-state index contributed by atoms with van der Waals surface area (Å²) in [7, 11) is -2.41. The highest BCUT2D eigenvalue weighted by Gasteiger charge is 2.25. The van der Waals surface area contributed by atoms with Gasteiger partial charge in [0, 0.05) is 17.2 Å². The Labute approximate surface area is 150 Å². The maximum atomic E-state index is 12.6.